The summed E-state index contributed by atoms with van der Waals surface area (Å²) in [5.74, 6) is 0.169. The summed E-state index contributed by atoms with van der Waals surface area (Å²) in [4.78, 5) is 0. The highest BCUT2D eigenvalue weighted by Gasteiger charge is 2.15. The lowest BCUT2D eigenvalue weighted by Gasteiger charge is -2.04. The van der Waals surface area contributed by atoms with Gasteiger partial charge in [-0.1, -0.05) is 17.7 Å². The SMILES string of the molecule is Cn1c(CO)nnc1-c1cccc(Cl)c1F. The van der Waals surface area contributed by atoms with Crippen LogP contribution >= 0.6 is 11.6 Å². The number of aliphatic hydroxyl groups is 1. The summed E-state index contributed by atoms with van der Waals surface area (Å²) in [5.41, 5.74) is 0.266. The topological polar surface area (TPSA) is 50.9 Å². The maximum Gasteiger partial charge on any atom is 0.166 e. The first kappa shape index (κ1) is 11.0. The van der Waals surface area contributed by atoms with E-state index in [0.717, 1.165) is 0 Å². The third kappa shape index (κ3) is 1.68. The van der Waals surface area contributed by atoms with E-state index in [9.17, 15) is 4.39 Å². The van der Waals surface area contributed by atoms with E-state index in [2.05, 4.69) is 10.2 Å². The van der Waals surface area contributed by atoms with Gasteiger partial charge in [-0.25, -0.2) is 4.39 Å². The summed E-state index contributed by atoms with van der Waals surface area (Å²) in [7, 11) is 1.65. The van der Waals surface area contributed by atoms with Gasteiger partial charge < -0.3 is 9.67 Å². The second kappa shape index (κ2) is 4.19. The monoisotopic (exact) mass is 241 g/mol. The molecule has 0 spiro atoms. The Labute approximate surface area is 96.3 Å². The van der Waals surface area contributed by atoms with Gasteiger partial charge in [0.1, 0.15) is 6.61 Å². The highest BCUT2D eigenvalue weighted by Crippen LogP contribution is 2.26. The van der Waals surface area contributed by atoms with E-state index >= 15 is 0 Å². The maximum atomic E-state index is 13.7. The van der Waals surface area contributed by atoms with Crippen molar-refractivity contribution in [3.63, 3.8) is 0 Å². The molecule has 0 fully saturated rings. The average molecular weight is 242 g/mol. The number of nitrogens with zero attached hydrogens (tertiary/aromatic N) is 3. The van der Waals surface area contributed by atoms with Crippen LogP contribution in [0.4, 0.5) is 4.39 Å². The second-order valence-electron chi connectivity index (χ2n) is 3.26. The second-order valence-corrected chi connectivity index (χ2v) is 3.67. The molecule has 1 heterocycles. The zero-order valence-corrected chi connectivity index (χ0v) is 9.24. The molecule has 1 aromatic carbocycles. The highest BCUT2D eigenvalue weighted by atomic mass is 35.5. The molecule has 0 aliphatic heterocycles. The van der Waals surface area contributed by atoms with Crippen molar-refractivity contribution in [2.75, 3.05) is 0 Å². The van der Waals surface area contributed by atoms with E-state index in [4.69, 9.17) is 16.7 Å². The molecule has 0 bridgehead atoms. The minimum Gasteiger partial charge on any atom is -0.388 e. The predicted molar refractivity (Wildman–Crippen MR) is 57.3 cm³/mol. The van der Waals surface area contributed by atoms with Crippen LogP contribution in [0.1, 0.15) is 5.82 Å². The zero-order chi connectivity index (χ0) is 11.7. The van der Waals surface area contributed by atoms with Crippen LogP contribution in [0.3, 0.4) is 0 Å². The number of halogens is 2. The van der Waals surface area contributed by atoms with Crippen LogP contribution in [-0.4, -0.2) is 19.9 Å². The Hall–Kier alpha value is -1.46. The van der Waals surface area contributed by atoms with Gasteiger partial charge >= 0.3 is 0 Å². The molecule has 0 unspecified atom stereocenters. The molecule has 16 heavy (non-hydrogen) atoms. The van der Waals surface area contributed by atoms with E-state index in [0.29, 0.717) is 11.6 Å². The predicted octanol–water partition coefficient (Wildman–Crippen LogP) is 1.77. The average Bonchev–Trinajstić information content (AvgIpc) is 2.64. The summed E-state index contributed by atoms with van der Waals surface area (Å²) >= 11 is 5.67. The fourth-order valence-corrected chi connectivity index (χ4v) is 1.58. The van der Waals surface area contributed by atoms with E-state index in [1.807, 2.05) is 0 Å². The molecule has 2 aromatic rings. The number of benzene rings is 1. The molecule has 6 heteroatoms. The third-order valence-corrected chi connectivity index (χ3v) is 2.59. The molecule has 1 aromatic heterocycles. The molecular weight excluding hydrogens is 233 g/mol. The van der Waals surface area contributed by atoms with Crippen molar-refractivity contribution in [1.29, 1.82) is 0 Å². The first-order valence-electron chi connectivity index (χ1n) is 4.58. The summed E-state index contributed by atoms with van der Waals surface area (Å²) in [6, 6.07) is 4.66. The quantitative estimate of drug-likeness (QED) is 0.872. The van der Waals surface area contributed by atoms with Gasteiger partial charge in [0.25, 0.3) is 0 Å². The Morgan fingerprint density at radius 1 is 1.44 bits per heavy atom. The lowest BCUT2D eigenvalue weighted by atomic mass is 10.2. The summed E-state index contributed by atoms with van der Waals surface area (Å²) in [5, 5.41) is 16.5. The molecule has 0 saturated carbocycles. The molecule has 1 N–H and O–H groups in total. The molecule has 0 saturated heterocycles. The fourth-order valence-electron chi connectivity index (χ4n) is 1.41. The van der Waals surface area contributed by atoms with E-state index < -0.39 is 5.82 Å². The third-order valence-electron chi connectivity index (χ3n) is 2.30. The van der Waals surface area contributed by atoms with Gasteiger partial charge in [0, 0.05) is 7.05 Å². The Morgan fingerprint density at radius 2 is 2.19 bits per heavy atom. The van der Waals surface area contributed by atoms with E-state index in [1.54, 1.807) is 19.2 Å². The Balaban J connectivity index is 2.59. The van der Waals surface area contributed by atoms with Gasteiger partial charge in [-0.3, -0.25) is 0 Å². The summed E-state index contributed by atoms with van der Waals surface area (Å²) in [6.07, 6.45) is 0. The molecule has 0 atom stereocenters. The first-order chi connectivity index (χ1) is 7.65. The fraction of sp³-hybridized carbons (Fsp3) is 0.200. The summed E-state index contributed by atoms with van der Waals surface area (Å²) in [6.45, 7) is -0.244. The number of aromatic nitrogens is 3. The van der Waals surface area contributed by atoms with Gasteiger partial charge in [0.15, 0.2) is 17.5 Å². The normalized spacial score (nSPS) is 10.8. The van der Waals surface area contributed by atoms with Crippen molar-refractivity contribution in [2.45, 2.75) is 6.61 Å². The van der Waals surface area contributed by atoms with Crippen LogP contribution in [0, 0.1) is 5.82 Å². The van der Waals surface area contributed by atoms with Crippen molar-refractivity contribution < 1.29 is 9.50 Å². The molecule has 4 nitrogen and oxygen atoms in total. The standard InChI is InChI=1S/C10H9ClFN3O/c1-15-8(5-16)13-14-10(15)6-3-2-4-7(11)9(6)12/h2-4,16H,5H2,1H3. The molecule has 2 rings (SSSR count). The number of hydrogen-bond acceptors (Lipinski definition) is 3. The Bertz CT molecular complexity index is 527. The maximum absolute atomic E-state index is 13.7. The molecule has 84 valence electrons. The van der Waals surface area contributed by atoms with Crippen LogP contribution in [0.15, 0.2) is 18.2 Å². The van der Waals surface area contributed by atoms with Crippen LogP contribution in [0.25, 0.3) is 11.4 Å². The lowest BCUT2D eigenvalue weighted by Crippen LogP contribution is -2.00. The minimum absolute atomic E-state index is 0.0334. The molecule has 0 aliphatic carbocycles. The van der Waals surface area contributed by atoms with Gasteiger partial charge in [-0.05, 0) is 12.1 Å². The molecule has 0 radical (unpaired) electrons. The van der Waals surface area contributed by atoms with Crippen LogP contribution in [-0.2, 0) is 13.7 Å². The Morgan fingerprint density at radius 3 is 2.81 bits per heavy atom. The zero-order valence-electron chi connectivity index (χ0n) is 8.48. The number of aliphatic hydroxyl groups excluding tert-OH is 1. The van der Waals surface area contributed by atoms with Crippen molar-refractivity contribution in [2.24, 2.45) is 7.05 Å². The van der Waals surface area contributed by atoms with Crippen LogP contribution in [0.5, 0.6) is 0 Å². The lowest BCUT2D eigenvalue weighted by molar-refractivity contribution is 0.267. The van der Waals surface area contributed by atoms with Gasteiger partial charge in [0.05, 0.1) is 10.6 Å². The largest absolute Gasteiger partial charge is 0.388 e. The molecular formula is C10H9ClFN3O. The Kier molecular flexibility index (Phi) is 2.89. The van der Waals surface area contributed by atoms with Crippen molar-refractivity contribution in [3.05, 3.63) is 34.9 Å². The van der Waals surface area contributed by atoms with Crippen molar-refractivity contribution in [1.82, 2.24) is 14.8 Å². The van der Waals surface area contributed by atoms with Gasteiger partial charge in [0.2, 0.25) is 0 Å². The number of rotatable bonds is 2. The molecule has 0 amide bonds. The van der Waals surface area contributed by atoms with E-state index in [-0.39, 0.29) is 17.2 Å². The smallest absolute Gasteiger partial charge is 0.166 e. The van der Waals surface area contributed by atoms with E-state index in [1.165, 1.54) is 10.6 Å². The van der Waals surface area contributed by atoms with Crippen molar-refractivity contribution in [3.8, 4) is 11.4 Å². The highest BCUT2D eigenvalue weighted by molar-refractivity contribution is 6.31. The van der Waals surface area contributed by atoms with Crippen LogP contribution < -0.4 is 0 Å². The molecule has 0 aliphatic rings. The van der Waals surface area contributed by atoms with Crippen LogP contribution in [0.2, 0.25) is 5.02 Å². The summed E-state index contributed by atoms with van der Waals surface area (Å²) < 4.78 is 15.2. The minimum atomic E-state index is -0.538. The van der Waals surface area contributed by atoms with Gasteiger partial charge in [-0.15, -0.1) is 10.2 Å². The first-order valence-corrected chi connectivity index (χ1v) is 4.96. The van der Waals surface area contributed by atoms with Gasteiger partial charge in [-0.2, -0.15) is 0 Å². The number of hydrogen-bond donors (Lipinski definition) is 1. The van der Waals surface area contributed by atoms with Crippen molar-refractivity contribution >= 4 is 11.6 Å².